The summed E-state index contributed by atoms with van der Waals surface area (Å²) in [7, 11) is 0. The molecule has 22 heavy (non-hydrogen) atoms. The van der Waals surface area contributed by atoms with E-state index in [0.29, 0.717) is 16.6 Å². The van der Waals surface area contributed by atoms with Crippen LogP contribution in [0.5, 0.6) is 0 Å². The number of nitrogens with one attached hydrogen (secondary N) is 2. The second-order valence-electron chi connectivity index (χ2n) is 4.91. The molecule has 2 aromatic rings. The Morgan fingerprint density at radius 1 is 1.36 bits per heavy atom. The van der Waals surface area contributed by atoms with Gasteiger partial charge >= 0.3 is 0 Å². The molecule has 1 atom stereocenters. The molecule has 1 heterocycles. The molecular weight excluding hydrogens is 320 g/mol. The third kappa shape index (κ3) is 4.18. The van der Waals surface area contributed by atoms with Crippen LogP contribution in [0.15, 0.2) is 18.2 Å². The van der Waals surface area contributed by atoms with Crippen molar-refractivity contribution in [1.29, 1.82) is 0 Å². The highest BCUT2D eigenvalue weighted by molar-refractivity contribution is 7.15. The maximum Gasteiger partial charge on any atom is 0.248 e. The summed E-state index contributed by atoms with van der Waals surface area (Å²) in [5.41, 5.74) is 1.90. The maximum absolute atomic E-state index is 12.4. The van der Waals surface area contributed by atoms with Crippen molar-refractivity contribution in [2.75, 3.05) is 10.6 Å². The van der Waals surface area contributed by atoms with E-state index in [9.17, 15) is 4.79 Å². The standard InChI is InChI=1S/C15H19ClN4OS/c1-4-11(17-12-8-10(16)7-6-9(12)3)14(21)18-15-20-19-13(5-2)22-15/h6-8,11,17H,4-5H2,1-3H3,(H,18,20,21)/t11-/m1/s1. The summed E-state index contributed by atoms with van der Waals surface area (Å²) < 4.78 is 0. The van der Waals surface area contributed by atoms with Gasteiger partial charge in [0.05, 0.1) is 0 Å². The zero-order chi connectivity index (χ0) is 16.1. The molecule has 0 aliphatic rings. The molecule has 5 nitrogen and oxygen atoms in total. The summed E-state index contributed by atoms with van der Waals surface area (Å²) in [4.78, 5) is 12.4. The first-order chi connectivity index (χ1) is 10.5. The number of anilines is 2. The van der Waals surface area contributed by atoms with Gasteiger partial charge in [-0.15, -0.1) is 10.2 Å². The minimum atomic E-state index is -0.355. The van der Waals surface area contributed by atoms with E-state index in [1.807, 2.05) is 39.0 Å². The number of carbonyl (C=O) groups is 1. The largest absolute Gasteiger partial charge is 0.373 e. The Balaban J connectivity index is 2.07. The lowest BCUT2D eigenvalue weighted by molar-refractivity contribution is -0.117. The second kappa shape index (κ2) is 7.56. The third-order valence-electron chi connectivity index (χ3n) is 3.25. The summed E-state index contributed by atoms with van der Waals surface area (Å²) >= 11 is 7.41. The molecule has 0 saturated carbocycles. The van der Waals surface area contributed by atoms with Gasteiger partial charge in [-0.2, -0.15) is 0 Å². The zero-order valence-electron chi connectivity index (χ0n) is 12.8. The van der Waals surface area contributed by atoms with Crippen molar-refractivity contribution >= 4 is 39.7 Å². The molecule has 0 fully saturated rings. The molecule has 1 amide bonds. The topological polar surface area (TPSA) is 66.9 Å². The molecule has 0 saturated heterocycles. The highest BCUT2D eigenvalue weighted by Crippen LogP contribution is 2.22. The summed E-state index contributed by atoms with van der Waals surface area (Å²) in [5, 5.41) is 16.1. The van der Waals surface area contributed by atoms with E-state index < -0.39 is 0 Å². The van der Waals surface area contributed by atoms with E-state index >= 15 is 0 Å². The molecule has 1 aromatic heterocycles. The lowest BCUT2D eigenvalue weighted by atomic mass is 10.1. The van der Waals surface area contributed by atoms with Crippen LogP contribution in [0.1, 0.15) is 30.8 Å². The Labute approximate surface area is 139 Å². The minimum Gasteiger partial charge on any atom is -0.373 e. The summed E-state index contributed by atoms with van der Waals surface area (Å²) in [6.45, 7) is 5.93. The molecule has 7 heteroatoms. The zero-order valence-corrected chi connectivity index (χ0v) is 14.4. The molecule has 2 rings (SSSR count). The van der Waals surface area contributed by atoms with Gasteiger partial charge in [0.25, 0.3) is 0 Å². The van der Waals surface area contributed by atoms with E-state index in [2.05, 4.69) is 20.8 Å². The van der Waals surface area contributed by atoms with E-state index in [1.54, 1.807) is 0 Å². The van der Waals surface area contributed by atoms with Crippen molar-refractivity contribution in [2.45, 2.75) is 39.7 Å². The first-order valence-corrected chi connectivity index (χ1v) is 8.38. The number of nitrogens with zero attached hydrogens (tertiary/aromatic N) is 2. The Hall–Kier alpha value is -1.66. The SMILES string of the molecule is CCc1nnc(NC(=O)[C@@H](CC)Nc2cc(Cl)ccc2C)s1. The first-order valence-electron chi connectivity index (χ1n) is 7.19. The molecule has 0 aliphatic heterocycles. The number of carbonyl (C=O) groups excluding carboxylic acids is 1. The van der Waals surface area contributed by atoms with Crippen LogP contribution in [0.25, 0.3) is 0 Å². The molecule has 1 aromatic carbocycles. The van der Waals surface area contributed by atoms with Gasteiger partial charge in [0.15, 0.2) is 0 Å². The molecule has 0 aliphatic carbocycles. The Morgan fingerprint density at radius 3 is 2.77 bits per heavy atom. The Morgan fingerprint density at radius 2 is 2.14 bits per heavy atom. The van der Waals surface area contributed by atoms with E-state index in [1.165, 1.54) is 11.3 Å². The highest BCUT2D eigenvalue weighted by Gasteiger charge is 2.18. The van der Waals surface area contributed by atoms with Gasteiger partial charge in [-0.25, -0.2) is 0 Å². The fraction of sp³-hybridized carbons (Fsp3) is 0.400. The van der Waals surface area contributed by atoms with Gasteiger partial charge in [-0.3, -0.25) is 10.1 Å². The number of hydrogen-bond donors (Lipinski definition) is 2. The molecule has 2 N–H and O–H groups in total. The van der Waals surface area contributed by atoms with Crippen LogP contribution < -0.4 is 10.6 Å². The number of halogens is 1. The lowest BCUT2D eigenvalue weighted by Gasteiger charge is -2.18. The van der Waals surface area contributed by atoms with Gasteiger partial charge < -0.3 is 5.32 Å². The van der Waals surface area contributed by atoms with E-state index in [-0.39, 0.29) is 11.9 Å². The molecule has 118 valence electrons. The summed E-state index contributed by atoms with van der Waals surface area (Å²) in [6, 6.07) is 5.23. The van der Waals surface area contributed by atoms with Gasteiger partial charge in [-0.1, -0.05) is 42.9 Å². The number of rotatable bonds is 6. The predicted molar refractivity (Wildman–Crippen MR) is 91.8 cm³/mol. The van der Waals surface area contributed by atoms with Gasteiger partial charge in [0, 0.05) is 10.7 Å². The van der Waals surface area contributed by atoms with Crippen LogP contribution in [0, 0.1) is 6.92 Å². The monoisotopic (exact) mass is 338 g/mol. The number of aromatic nitrogens is 2. The summed E-state index contributed by atoms with van der Waals surface area (Å²) in [5.74, 6) is -0.124. The Bertz CT molecular complexity index is 659. The maximum atomic E-state index is 12.4. The van der Waals surface area contributed by atoms with Crippen LogP contribution in [-0.2, 0) is 11.2 Å². The van der Waals surface area contributed by atoms with Crippen LogP contribution in [0.3, 0.4) is 0 Å². The lowest BCUT2D eigenvalue weighted by Crippen LogP contribution is -2.34. The van der Waals surface area contributed by atoms with Crippen molar-refractivity contribution < 1.29 is 4.79 Å². The van der Waals surface area contributed by atoms with Gasteiger partial charge in [-0.05, 0) is 37.5 Å². The molecular formula is C15H19ClN4OS. The third-order valence-corrected chi connectivity index (χ3v) is 4.47. The molecule has 0 unspecified atom stereocenters. The van der Waals surface area contributed by atoms with Gasteiger partial charge in [0.2, 0.25) is 11.0 Å². The van der Waals surface area contributed by atoms with Crippen molar-refractivity contribution in [3.05, 3.63) is 33.8 Å². The Kier molecular flexibility index (Phi) is 5.74. The smallest absolute Gasteiger partial charge is 0.248 e. The van der Waals surface area contributed by atoms with Crippen molar-refractivity contribution in [1.82, 2.24) is 10.2 Å². The normalized spacial score (nSPS) is 12.0. The van der Waals surface area contributed by atoms with Crippen LogP contribution in [-0.4, -0.2) is 22.1 Å². The number of benzene rings is 1. The van der Waals surface area contributed by atoms with Crippen LogP contribution in [0.2, 0.25) is 5.02 Å². The minimum absolute atomic E-state index is 0.124. The van der Waals surface area contributed by atoms with Gasteiger partial charge in [0.1, 0.15) is 11.0 Å². The highest BCUT2D eigenvalue weighted by atomic mass is 35.5. The number of hydrogen-bond acceptors (Lipinski definition) is 5. The first kappa shape index (κ1) is 16.7. The van der Waals surface area contributed by atoms with Crippen molar-refractivity contribution in [3.63, 3.8) is 0 Å². The van der Waals surface area contributed by atoms with Crippen molar-refractivity contribution in [2.24, 2.45) is 0 Å². The molecule has 0 spiro atoms. The second-order valence-corrected chi connectivity index (χ2v) is 6.41. The average Bonchev–Trinajstić information content (AvgIpc) is 2.95. The molecule has 0 bridgehead atoms. The number of aryl methyl sites for hydroxylation is 2. The van der Waals surface area contributed by atoms with Crippen LogP contribution >= 0.6 is 22.9 Å². The van der Waals surface area contributed by atoms with Crippen molar-refractivity contribution in [3.8, 4) is 0 Å². The quantitative estimate of drug-likeness (QED) is 0.838. The average molecular weight is 339 g/mol. The van der Waals surface area contributed by atoms with E-state index in [0.717, 1.165) is 22.7 Å². The fourth-order valence-corrected chi connectivity index (χ4v) is 2.78. The molecule has 0 radical (unpaired) electrons. The summed E-state index contributed by atoms with van der Waals surface area (Å²) in [6.07, 6.45) is 1.46. The van der Waals surface area contributed by atoms with E-state index in [4.69, 9.17) is 11.6 Å². The predicted octanol–water partition coefficient (Wildman–Crippen LogP) is 3.89. The fourth-order valence-electron chi connectivity index (χ4n) is 1.93. The van der Waals surface area contributed by atoms with Crippen LogP contribution in [0.4, 0.5) is 10.8 Å². The number of amides is 1.